The number of benzene rings is 1. The molecule has 0 radical (unpaired) electrons. The lowest BCUT2D eigenvalue weighted by molar-refractivity contribution is -0.142. The molecule has 1 heterocycles. The van der Waals surface area contributed by atoms with Gasteiger partial charge < -0.3 is 14.2 Å². The summed E-state index contributed by atoms with van der Waals surface area (Å²) in [7, 11) is 0. The highest BCUT2D eigenvalue weighted by Gasteiger charge is 2.24. The van der Waals surface area contributed by atoms with Crippen LogP contribution in [-0.4, -0.2) is 25.8 Å². The van der Waals surface area contributed by atoms with Gasteiger partial charge in [-0.2, -0.15) is 0 Å². The van der Waals surface area contributed by atoms with E-state index < -0.39 is 0 Å². The van der Waals surface area contributed by atoms with Gasteiger partial charge in [0.2, 0.25) is 0 Å². The van der Waals surface area contributed by atoms with Crippen molar-refractivity contribution in [1.82, 2.24) is 0 Å². The van der Waals surface area contributed by atoms with Crippen molar-refractivity contribution in [2.24, 2.45) is 5.92 Å². The molecule has 1 aromatic carbocycles. The van der Waals surface area contributed by atoms with Crippen LogP contribution in [-0.2, 0) is 9.53 Å². The summed E-state index contributed by atoms with van der Waals surface area (Å²) in [6, 6.07) is 7.24. The number of ether oxygens (including phenoxy) is 3. The molecule has 1 saturated heterocycles. The third-order valence-electron chi connectivity index (χ3n) is 2.91. The predicted molar refractivity (Wildman–Crippen MR) is 66.8 cm³/mol. The average molecular weight is 250 g/mol. The quantitative estimate of drug-likeness (QED) is 0.608. The van der Waals surface area contributed by atoms with Gasteiger partial charge in [-0.15, -0.1) is 0 Å². The van der Waals surface area contributed by atoms with Crippen LogP contribution < -0.4 is 9.47 Å². The summed E-state index contributed by atoms with van der Waals surface area (Å²) in [5, 5.41) is 0. The molecule has 4 nitrogen and oxygen atoms in total. The van der Waals surface area contributed by atoms with Crippen LogP contribution in [0.2, 0.25) is 0 Å². The Balaban J connectivity index is 2.01. The first-order chi connectivity index (χ1) is 8.81. The van der Waals surface area contributed by atoms with Crippen LogP contribution >= 0.6 is 0 Å². The molecular weight excluding hydrogens is 232 g/mol. The van der Waals surface area contributed by atoms with Gasteiger partial charge in [-0.25, -0.2) is 0 Å². The number of para-hydroxylation sites is 2. The number of carbonyl (C=O) groups is 1. The van der Waals surface area contributed by atoms with Crippen LogP contribution in [0.15, 0.2) is 24.3 Å². The third-order valence-corrected chi connectivity index (χ3v) is 2.91. The van der Waals surface area contributed by atoms with Crippen LogP contribution in [0.4, 0.5) is 0 Å². The Morgan fingerprint density at radius 3 is 2.61 bits per heavy atom. The van der Waals surface area contributed by atoms with E-state index in [1.165, 1.54) is 0 Å². The molecule has 1 aliphatic heterocycles. The standard InChI is InChI=1S/C14H18O4/c1-2-17-12-5-3-4-6-13(12)18-14(15)11-7-9-16-10-8-11/h3-6,11H,2,7-10H2,1H3. The van der Waals surface area contributed by atoms with Crippen molar-refractivity contribution in [1.29, 1.82) is 0 Å². The van der Waals surface area contributed by atoms with Gasteiger partial charge in [0, 0.05) is 13.2 Å². The molecule has 1 aromatic rings. The van der Waals surface area contributed by atoms with Crippen molar-refractivity contribution >= 4 is 5.97 Å². The fourth-order valence-corrected chi connectivity index (χ4v) is 1.93. The summed E-state index contributed by atoms with van der Waals surface area (Å²) in [5.41, 5.74) is 0. The highest BCUT2D eigenvalue weighted by molar-refractivity contribution is 5.76. The van der Waals surface area contributed by atoms with Crippen molar-refractivity contribution in [3.05, 3.63) is 24.3 Å². The number of hydrogen-bond acceptors (Lipinski definition) is 4. The van der Waals surface area contributed by atoms with E-state index in [-0.39, 0.29) is 11.9 Å². The van der Waals surface area contributed by atoms with E-state index >= 15 is 0 Å². The Morgan fingerprint density at radius 1 is 1.28 bits per heavy atom. The van der Waals surface area contributed by atoms with Crippen molar-refractivity contribution in [3.8, 4) is 11.5 Å². The zero-order valence-corrected chi connectivity index (χ0v) is 10.6. The fraction of sp³-hybridized carbons (Fsp3) is 0.500. The van der Waals surface area contributed by atoms with Crippen LogP contribution in [0.1, 0.15) is 19.8 Å². The highest BCUT2D eigenvalue weighted by atomic mass is 16.6. The maximum Gasteiger partial charge on any atom is 0.314 e. The normalized spacial score (nSPS) is 16.3. The second kappa shape index (κ2) is 6.40. The molecule has 98 valence electrons. The van der Waals surface area contributed by atoms with Gasteiger partial charge in [0.05, 0.1) is 12.5 Å². The molecule has 0 spiro atoms. The van der Waals surface area contributed by atoms with Crippen LogP contribution in [0.25, 0.3) is 0 Å². The number of hydrogen-bond donors (Lipinski definition) is 0. The average Bonchev–Trinajstić information content (AvgIpc) is 2.42. The topological polar surface area (TPSA) is 44.8 Å². The van der Waals surface area contributed by atoms with Crippen LogP contribution in [0.3, 0.4) is 0 Å². The second-order valence-electron chi connectivity index (χ2n) is 4.19. The zero-order chi connectivity index (χ0) is 12.8. The van der Waals surface area contributed by atoms with E-state index in [1.807, 2.05) is 19.1 Å². The first kappa shape index (κ1) is 12.9. The molecule has 2 rings (SSSR count). The first-order valence-electron chi connectivity index (χ1n) is 6.32. The van der Waals surface area contributed by atoms with E-state index in [0.717, 1.165) is 12.8 Å². The molecule has 0 unspecified atom stereocenters. The summed E-state index contributed by atoms with van der Waals surface area (Å²) in [5.74, 6) is 0.857. The molecule has 0 saturated carbocycles. The second-order valence-corrected chi connectivity index (χ2v) is 4.19. The van der Waals surface area contributed by atoms with Gasteiger partial charge in [0.25, 0.3) is 0 Å². The Bertz CT molecular complexity index is 397. The summed E-state index contributed by atoms with van der Waals surface area (Å²) in [6.07, 6.45) is 1.46. The maximum atomic E-state index is 12.0. The van der Waals surface area contributed by atoms with Gasteiger partial charge in [-0.1, -0.05) is 12.1 Å². The Kier molecular flexibility index (Phi) is 4.59. The summed E-state index contributed by atoms with van der Waals surface area (Å²) in [6.45, 7) is 3.71. The first-order valence-corrected chi connectivity index (χ1v) is 6.32. The van der Waals surface area contributed by atoms with Crippen LogP contribution in [0, 0.1) is 5.92 Å². The molecule has 1 aliphatic rings. The molecule has 0 amide bonds. The smallest absolute Gasteiger partial charge is 0.314 e. The molecule has 0 atom stereocenters. The van der Waals surface area contributed by atoms with Gasteiger partial charge in [-0.3, -0.25) is 4.79 Å². The molecule has 0 bridgehead atoms. The number of esters is 1. The van der Waals surface area contributed by atoms with E-state index in [4.69, 9.17) is 14.2 Å². The molecule has 18 heavy (non-hydrogen) atoms. The Morgan fingerprint density at radius 2 is 1.94 bits per heavy atom. The molecule has 0 N–H and O–H groups in total. The van der Waals surface area contributed by atoms with Gasteiger partial charge in [0.15, 0.2) is 11.5 Å². The van der Waals surface area contributed by atoms with E-state index in [1.54, 1.807) is 12.1 Å². The van der Waals surface area contributed by atoms with E-state index in [2.05, 4.69) is 0 Å². The minimum atomic E-state index is -0.189. The minimum absolute atomic E-state index is 0.0616. The van der Waals surface area contributed by atoms with Crippen molar-refractivity contribution < 1.29 is 19.0 Å². The molecule has 1 fully saturated rings. The molecule has 0 aliphatic carbocycles. The van der Waals surface area contributed by atoms with E-state index in [9.17, 15) is 4.79 Å². The maximum absolute atomic E-state index is 12.0. The lowest BCUT2D eigenvalue weighted by Gasteiger charge is -2.20. The lowest BCUT2D eigenvalue weighted by Crippen LogP contribution is -2.27. The van der Waals surface area contributed by atoms with Gasteiger partial charge >= 0.3 is 5.97 Å². The van der Waals surface area contributed by atoms with E-state index in [0.29, 0.717) is 31.3 Å². The Hall–Kier alpha value is -1.55. The van der Waals surface area contributed by atoms with Gasteiger partial charge in [0.1, 0.15) is 0 Å². The summed E-state index contributed by atoms with van der Waals surface area (Å²) < 4.78 is 16.1. The lowest BCUT2D eigenvalue weighted by atomic mass is 10.0. The van der Waals surface area contributed by atoms with Crippen molar-refractivity contribution in [2.75, 3.05) is 19.8 Å². The highest BCUT2D eigenvalue weighted by Crippen LogP contribution is 2.28. The van der Waals surface area contributed by atoms with Gasteiger partial charge in [-0.05, 0) is 31.9 Å². The summed E-state index contributed by atoms with van der Waals surface area (Å²) >= 11 is 0. The largest absolute Gasteiger partial charge is 0.490 e. The Labute approximate surface area is 107 Å². The SMILES string of the molecule is CCOc1ccccc1OC(=O)C1CCOCC1. The molecule has 0 aromatic heterocycles. The number of rotatable bonds is 4. The van der Waals surface area contributed by atoms with Crippen LogP contribution in [0.5, 0.6) is 11.5 Å². The van der Waals surface area contributed by atoms with Crippen molar-refractivity contribution in [3.63, 3.8) is 0 Å². The predicted octanol–water partition coefficient (Wildman–Crippen LogP) is 2.42. The molecular formula is C14H18O4. The summed E-state index contributed by atoms with van der Waals surface area (Å²) in [4.78, 5) is 12.0. The van der Waals surface area contributed by atoms with Crippen molar-refractivity contribution in [2.45, 2.75) is 19.8 Å². The zero-order valence-electron chi connectivity index (χ0n) is 10.6. The molecule has 4 heteroatoms. The minimum Gasteiger partial charge on any atom is -0.490 e. The third kappa shape index (κ3) is 3.23. The number of carbonyl (C=O) groups excluding carboxylic acids is 1. The fourth-order valence-electron chi connectivity index (χ4n) is 1.93. The monoisotopic (exact) mass is 250 g/mol.